The second-order valence-corrected chi connectivity index (χ2v) is 7.37. The molecular weight excluding hydrogens is 344 g/mol. The first-order valence-corrected chi connectivity index (χ1v) is 11.1. The lowest BCUT2D eigenvalue weighted by Crippen LogP contribution is -2.28. The predicted octanol–water partition coefficient (Wildman–Crippen LogP) is 5.33. The lowest BCUT2D eigenvalue weighted by atomic mass is 10.1. The molecule has 0 spiro atoms. The van der Waals surface area contributed by atoms with Crippen LogP contribution in [0.5, 0.6) is 0 Å². The summed E-state index contributed by atoms with van der Waals surface area (Å²) in [7, 11) is 0. The zero-order valence-electron chi connectivity index (χ0n) is 17.7. The van der Waals surface area contributed by atoms with Crippen LogP contribution in [0.2, 0.25) is 0 Å². The molecule has 0 aromatic heterocycles. The maximum Gasteiger partial charge on any atom is 0.306 e. The smallest absolute Gasteiger partial charge is 0.306 e. The van der Waals surface area contributed by atoms with Gasteiger partial charge in [0.2, 0.25) is 0 Å². The number of rotatable bonds is 19. The van der Waals surface area contributed by atoms with Crippen LogP contribution in [0.3, 0.4) is 0 Å². The van der Waals surface area contributed by atoms with Crippen molar-refractivity contribution in [2.24, 2.45) is 0 Å². The molecule has 0 aromatic rings. The van der Waals surface area contributed by atoms with Crippen LogP contribution in [0.1, 0.15) is 110 Å². The third-order valence-corrected chi connectivity index (χ3v) is 4.65. The van der Waals surface area contributed by atoms with Crippen LogP contribution < -0.4 is 0 Å². The zero-order chi connectivity index (χ0) is 20.2. The molecule has 5 nitrogen and oxygen atoms in total. The summed E-state index contributed by atoms with van der Waals surface area (Å²) in [5.41, 5.74) is 0. The Bertz CT molecular complexity index is 357. The maximum atomic E-state index is 11.8. The number of unbranched alkanes of at least 4 members (excludes halogenated alkanes) is 11. The summed E-state index contributed by atoms with van der Waals surface area (Å²) in [6, 6.07) is 0. The lowest BCUT2D eigenvalue weighted by molar-refractivity contribution is -0.161. The van der Waals surface area contributed by atoms with Gasteiger partial charge >= 0.3 is 11.9 Å². The number of aliphatic hydroxyl groups is 1. The van der Waals surface area contributed by atoms with Crippen molar-refractivity contribution in [2.75, 3.05) is 13.2 Å². The Hall–Kier alpha value is -1.10. The van der Waals surface area contributed by atoms with Gasteiger partial charge in [-0.25, -0.2) is 0 Å². The van der Waals surface area contributed by atoms with Crippen LogP contribution in [-0.2, 0) is 19.1 Å². The molecule has 0 saturated carbocycles. The molecular formula is C22H42O5. The summed E-state index contributed by atoms with van der Waals surface area (Å²) in [5.74, 6) is -0.633. The van der Waals surface area contributed by atoms with E-state index in [1.807, 2.05) is 6.92 Å². The Balaban J connectivity index is 3.56. The van der Waals surface area contributed by atoms with E-state index in [2.05, 4.69) is 6.92 Å². The summed E-state index contributed by atoms with van der Waals surface area (Å²) in [6.45, 7) is 3.84. The highest BCUT2D eigenvalue weighted by atomic mass is 16.6. The first-order valence-electron chi connectivity index (χ1n) is 11.1. The third-order valence-electron chi connectivity index (χ3n) is 4.65. The van der Waals surface area contributed by atoms with Crippen molar-refractivity contribution in [1.82, 2.24) is 0 Å². The Morgan fingerprint density at radius 1 is 0.704 bits per heavy atom. The van der Waals surface area contributed by atoms with Crippen molar-refractivity contribution < 1.29 is 24.2 Å². The Kier molecular flexibility index (Phi) is 18.9. The molecule has 0 bridgehead atoms. The average molecular weight is 387 g/mol. The number of aliphatic hydroxyl groups excluding tert-OH is 1. The van der Waals surface area contributed by atoms with Crippen molar-refractivity contribution >= 4 is 11.9 Å². The first-order chi connectivity index (χ1) is 13.1. The van der Waals surface area contributed by atoms with Crippen LogP contribution in [-0.4, -0.2) is 36.4 Å². The predicted molar refractivity (Wildman–Crippen MR) is 109 cm³/mol. The highest BCUT2D eigenvalue weighted by Crippen LogP contribution is 2.12. The monoisotopic (exact) mass is 386 g/mol. The Morgan fingerprint density at radius 3 is 1.70 bits per heavy atom. The van der Waals surface area contributed by atoms with E-state index >= 15 is 0 Å². The topological polar surface area (TPSA) is 72.8 Å². The molecule has 0 aliphatic rings. The number of hydrogen-bond acceptors (Lipinski definition) is 5. The summed E-state index contributed by atoms with van der Waals surface area (Å²) in [5, 5.41) is 9.26. The summed E-state index contributed by atoms with van der Waals surface area (Å²) in [4.78, 5) is 23.3. The van der Waals surface area contributed by atoms with Gasteiger partial charge in [-0.2, -0.15) is 0 Å². The molecule has 0 rings (SSSR count). The average Bonchev–Trinajstić information content (AvgIpc) is 2.67. The fourth-order valence-corrected chi connectivity index (χ4v) is 2.88. The minimum Gasteiger partial charge on any atom is -0.462 e. The first kappa shape index (κ1) is 25.9. The van der Waals surface area contributed by atoms with E-state index in [1.165, 1.54) is 51.4 Å². The normalized spacial score (nSPS) is 12.0. The van der Waals surface area contributed by atoms with Crippen molar-refractivity contribution in [2.45, 2.75) is 116 Å². The fourth-order valence-electron chi connectivity index (χ4n) is 2.88. The summed E-state index contributed by atoms with van der Waals surface area (Å²) in [6.07, 6.45) is 15.2. The lowest BCUT2D eigenvalue weighted by Gasteiger charge is -2.15. The van der Waals surface area contributed by atoms with Gasteiger partial charge in [0, 0.05) is 12.8 Å². The molecule has 0 aliphatic carbocycles. The van der Waals surface area contributed by atoms with Gasteiger partial charge in [-0.3, -0.25) is 9.59 Å². The van der Waals surface area contributed by atoms with Crippen molar-refractivity contribution in [3.05, 3.63) is 0 Å². The molecule has 0 saturated heterocycles. The molecule has 1 N–H and O–H groups in total. The molecule has 0 amide bonds. The molecule has 1 atom stereocenters. The van der Waals surface area contributed by atoms with E-state index in [1.54, 1.807) is 0 Å². The minimum absolute atomic E-state index is 0.0664. The van der Waals surface area contributed by atoms with Crippen LogP contribution in [0.4, 0.5) is 0 Å². The minimum atomic E-state index is -0.754. The molecule has 0 radical (unpaired) electrons. The summed E-state index contributed by atoms with van der Waals surface area (Å²) < 4.78 is 10.2. The molecule has 0 aromatic carbocycles. The number of esters is 2. The van der Waals surface area contributed by atoms with Gasteiger partial charge in [-0.1, -0.05) is 84.5 Å². The zero-order valence-corrected chi connectivity index (χ0v) is 17.7. The van der Waals surface area contributed by atoms with Crippen LogP contribution in [0, 0.1) is 0 Å². The van der Waals surface area contributed by atoms with E-state index in [4.69, 9.17) is 9.47 Å². The standard InChI is InChI=1S/C22H42O5/c1-3-5-7-8-9-10-11-12-13-14-15-17-22(25)27-20(18-23)19-26-21(24)16-6-4-2/h20,23H,3-19H2,1-2H3/t20-/m0/s1. The van der Waals surface area contributed by atoms with Crippen LogP contribution in [0.15, 0.2) is 0 Å². The summed E-state index contributed by atoms with van der Waals surface area (Å²) >= 11 is 0. The molecule has 0 fully saturated rings. The van der Waals surface area contributed by atoms with E-state index in [9.17, 15) is 14.7 Å². The largest absolute Gasteiger partial charge is 0.462 e. The Morgan fingerprint density at radius 2 is 1.19 bits per heavy atom. The second kappa shape index (κ2) is 19.7. The number of carbonyl (C=O) groups excluding carboxylic acids is 2. The molecule has 0 heterocycles. The molecule has 0 unspecified atom stereocenters. The number of ether oxygens (including phenoxy) is 2. The van der Waals surface area contributed by atoms with E-state index < -0.39 is 6.10 Å². The van der Waals surface area contributed by atoms with Crippen molar-refractivity contribution in [3.8, 4) is 0 Å². The molecule has 160 valence electrons. The highest BCUT2D eigenvalue weighted by molar-refractivity contribution is 5.70. The van der Waals surface area contributed by atoms with E-state index in [0.29, 0.717) is 12.8 Å². The van der Waals surface area contributed by atoms with Gasteiger partial charge in [-0.05, 0) is 12.8 Å². The van der Waals surface area contributed by atoms with E-state index in [-0.39, 0.29) is 25.2 Å². The van der Waals surface area contributed by atoms with Gasteiger partial charge in [0.05, 0.1) is 6.61 Å². The van der Waals surface area contributed by atoms with Gasteiger partial charge < -0.3 is 14.6 Å². The van der Waals surface area contributed by atoms with Gasteiger partial charge in [0.15, 0.2) is 6.10 Å². The maximum absolute atomic E-state index is 11.8. The Labute approximate surface area is 166 Å². The van der Waals surface area contributed by atoms with Gasteiger partial charge in [-0.15, -0.1) is 0 Å². The van der Waals surface area contributed by atoms with Gasteiger partial charge in [0.1, 0.15) is 6.61 Å². The van der Waals surface area contributed by atoms with Crippen LogP contribution >= 0.6 is 0 Å². The molecule has 0 aliphatic heterocycles. The third kappa shape index (κ3) is 18.0. The van der Waals surface area contributed by atoms with Crippen LogP contribution in [0.25, 0.3) is 0 Å². The van der Waals surface area contributed by atoms with Crippen molar-refractivity contribution in [1.29, 1.82) is 0 Å². The van der Waals surface area contributed by atoms with Gasteiger partial charge in [0.25, 0.3) is 0 Å². The number of carbonyl (C=O) groups is 2. The molecule has 5 heteroatoms. The molecule has 27 heavy (non-hydrogen) atoms. The SMILES string of the molecule is CCCCCCCCCCCCCC(=O)O[C@@H](CO)COC(=O)CCCC. The quantitative estimate of drug-likeness (QED) is 0.240. The highest BCUT2D eigenvalue weighted by Gasteiger charge is 2.15. The fraction of sp³-hybridized carbons (Fsp3) is 0.909. The number of hydrogen-bond donors (Lipinski definition) is 1. The second-order valence-electron chi connectivity index (χ2n) is 7.37. The van der Waals surface area contributed by atoms with E-state index in [0.717, 1.165) is 32.1 Å². The van der Waals surface area contributed by atoms with Crippen molar-refractivity contribution in [3.63, 3.8) is 0 Å².